The van der Waals surface area contributed by atoms with Crippen LogP contribution in [0.2, 0.25) is 0 Å². The minimum atomic E-state index is -3.60. The van der Waals surface area contributed by atoms with Gasteiger partial charge in [0.2, 0.25) is 0 Å². The first kappa shape index (κ1) is 13.0. The molecule has 0 atom stereocenters. The van der Waals surface area contributed by atoms with Crippen molar-refractivity contribution in [2.45, 2.75) is 32.7 Å². The molecule has 0 saturated heterocycles. The number of rotatable bonds is 2. The highest BCUT2D eigenvalue weighted by Gasteiger charge is 2.24. The summed E-state index contributed by atoms with van der Waals surface area (Å²) in [7, 11) is -3.60. The first-order valence-electron chi connectivity index (χ1n) is 5.75. The van der Waals surface area contributed by atoms with E-state index in [2.05, 4.69) is 25.0 Å². The summed E-state index contributed by atoms with van der Waals surface area (Å²) in [4.78, 5) is 0. The van der Waals surface area contributed by atoms with Crippen LogP contribution in [-0.4, -0.2) is 12.7 Å². The lowest BCUT2D eigenvalue weighted by Crippen LogP contribution is -2.21. The molecular weight excluding hydrogens is 250 g/mol. The Morgan fingerprint density at radius 2 is 1.78 bits per heavy atom. The van der Waals surface area contributed by atoms with E-state index >= 15 is 0 Å². The van der Waals surface area contributed by atoms with Crippen molar-refractivity contribution in [1.82, 2.24) is 4.31 Å². The summed E-state index contributed by atoms with van der Waals surface area (Å²) in [6.45, 7) is 6.72. The lowest BCUT2D eigenvalue weighted by molar-refractivity contribution is 0.413. The zero-order valence-electron chi connectivity index (χ0n) is 10.8. The van der Waals surface area contributed by atoms with E-state index in [9.17, 15) is 8.42 Å². The molecule has 1 aliphatic rings. The van der Waals surface area contributed by atoms with Gasteiger partial charge in [-0.2, -0.15) is 8.42 Å². The maximum absolute atomic E-state index is 11.4. The molecule has 0 fully saturated rings. The summed E-state index contributed by atoms with van der Waals surface area (Å²) in [6, 6.07) is 7.95. The average molecular weight is 267 g/mol. The summed E-state index contributed by atoms with van der Waals surface area (Å²) in [5.74, 6) is 0. The minimum Gasteiger partial charge on any atom is -0.373 e. The standard InChI is InChI=1S/C13H17NO3S/c1-13(2,3)12-6-4-11(5-7-12)10-14-8-9-17-18(14,15)16/h4-9H,10H2,1-3H3. The molecule has 0 aliphatic carbocycles. The van der Waals surface area contributed by atoms with E-state index in [4.69, 9.17) is 0 Å². The van der Waals surface area contributed by atoms with Gasteiger partial charge < -0.3 is 4.18 Å². The molecule has 98 valence electrons. The van der Waals surface area contributed by atoms with Crippen molar-refractivity contribution in [3.8, 4) is 0 Å². The Balaban J connectivity index is 2.15. The van der Waals surface area contributed by atoms with Gasteiger partial charge in [-0.15, -0.1) is 0 Å². The summed E-state index contributed by atoms with van der Waals surface area (Å²) in [5, 5.41) is 0. The molecular formula is C13H17NO3S. The highest BCUT2D eigenvalue weighted by atomic mass is 32.2. The van der Waals surface area contributed by atoms with E-state index in [1.807, 2.05) is 24.3 Å². The Morgan fingerprint density at radius 3 is 2.22 bits per heavy atom. The molecule has 0 unspecified atom stereocenters. The van der Waals surface area contributed by atoms with Crippen LogP contribution in [0.15, 0.2) is 36.7 Å². The van der Waals surface area contributed by atoms with E-state index in [0.29, 0.717) is 6.54 Å². The molecule has 18 heavy (non-hydrogen) atoms. The summed E-state index contributed by atoms with van der Waals surface area (Å²) in [6.07, 6.45) is 2.60. The number of benzene rings is 1. The Morgan fingerprint density at radius 1 is 1.17 bits per heavy atom. The molecule has 0 radical (unpaired) electrons. The molecule has 1 aromatic carbocycles. The molecule has 0 saturated carbocycles. The fourth-order valence-electron chi connectivity index (χ4n) is 1.71. The van der Waals surface area contributed by atoms with Crippen LogP contribution in [0, 0.1) is 0 Å². The van der Waals surface area contributed by atoms with Gasteiger partial charge in [0.25, 0.3) is 0 Å². The monoisotopic (exact) mass is 267 g/mol. The van der Waals surface area contributed by atoms with Crippen LogP contribution in [0.3, 0.4) is 0 Å². The van der Waals surface area contributed by atoms with E-state index in [0.717, 1.165) is 5.56 Å². The third-order valence-corrected chi connectivity index (χ3v) is 4.03. The fraction of sp³-hybridized carbons (Fsp3) is 0.385. The molecule has 1 aromatic rings. The van der Waals surface area contributed by atoms with Crippen LogP contribution in [-0.2, 0) is 26.4 Å². The lowest BCUT2D eigenvalue weighted by atomic mass is 9.87. The van der Waals surface area contributed by atoms with Crippen LogP contribution in [0.5, 0.6) is 0 Å². The van der Waals surface area contributed by atoms with Gasteiger partial charge in [-0.3, -0.25) is 0 Å². The largest absolute Gasteiger partial charge is 0.409 e. The maximum Gasteiger partial charge on any atom is 0.409 e. The van der Waals surface area contributed by atoms with Gasteiger partial charge in [-0.25, -0.2) is 4.31 Å². The number of hydrogen-bond acceptors (Lipinski definition) is 3. The normalized spacial score (nSPS) is 17.8. The molecule has 0 amide bonds. The molecule has 0 spiro atoms. The predicted octanol–water partition coefficient (Wildman–Crippen LogP) is 2.53. The maximum atomic E-state index is 11.4. The second-order valence-electron chi connectivity index (χ2n) is 5.33. The van der Waals surface area contributed by atoms with Crippen LogP contribution in [0.1, 0.15) is 31.9 Å². The van der Waals surface area contributed by atoms with Gasteiger partial charge in [0.05, 0.1) is 12.7 Å². The van der Waals surface area contributed by atoms with Crippen molar-refractivity contribution in [2.24, 2.45) is 0 Å². The molecule has 0 aromatic heterocycles. The van der Waals surface area contributed by atoms with Gasteiger partial charge in [-0.05, 0) is 16.5 Å². The molecule has 1 heterocycles. The molecule has 4 nitrogen and oxygen atoms in total. The smallest absolute Gasteiger partial charge is 0.373 e. The van der Waals surface area contributed by atoms with E-state index in [1.54, 1.807) is 0 Å². The van der Waals surface area contributed by atoms with Crippen molar-refractivity contribution < 1.29 is 12.6 Å². The third-order valence-electron chi connectivity index (χ3n) is 2.85. The van der Waals surface area contributed by atoms with E-state index in [-0.39, 0.29) is 5.41 Å². The van der Waals surface area contributed by atoms with Crippen molar-refractivity contribution in [2.75, 3.05) is 0 Å². The number of nitrogens with zero attached hydrogens (tertiary/aromatic N) is 1. The highest BCUT2D eigenvalue weighted by Crippen LogP contribution is 2.23. The molecule has 5 heteroatoms. The van der Waals surface area contributed by atoms with Gasteiger partial charge in [0.1, 0.15) is 6.26 Å². The topological polar surface area (TPSA) is 46.6 Å². The highest BCUT2D eigenvalue weighted by molar-refractivity contribution is 7.84. The second kappa shape index (κ2) is 4.31. The summed E-state index contributed by atoms with van der Waals surface area (Å²) in [5.41, 5.74) is 2.26. The Bertz CT molecular complexity index is 553. The second-order valence-corrected chi connectivity index (χ2v) is 6.85. The predicted molar refractivity (Wildman–Crippen MR) is 69.8 cm³/mol. The zero-order chi connectivity index (χ0) is 13.4. The van der Waals surface area contributed by atoms with Crippen LogP contribution in [0.4, 0.5) is 0 Å². The molecule has 1 aliphatic heterocycles. The van der Waals surface area contributed by atoms with Gasteiger partial charge in [-0.1, -0.05) is 45.0 Å². The Labute approximate surface area is 108 Å². The van der Waals surface area contributed by atoms with Gasteiger partial charge in [0, 0.05) is 0 Å². The molecule has 0 bridgehead atoms. The Hall–Kier alpha value is -1.49. The van der Waals surface area contributed by atoms with Crippen molar-refractivity contribution >= 4 is 10.3 Å². The quantitative estimate of drug-likeness (QED) is 0.827. The Kier molecular flexibility index (Phi) is 3.11. The van der Waals surface area contributed by atoms with Crippen molar-refractivity contribution in [3.63, 3.8) is 0 Å². The molecule has 0 N–H and O–H groups in total. The zero-order valence-corrected chi connectivity index (χ0v) is 11.6. The van der Waals surface area contributed by atoms with Crippen molar-refractivity contribution in [1.29, 1.82) is 0 Å². The molecule has 2 rings (SSSR count). The summed E-state index contributed by atoms with van der Waals surface area (Å²) < 4.78 is 28.6. The number of hydrogen-bond donors (Lipinski definition) is 0. The van der Waals surface area contributed by atoms with Crippen molar-refractivity contribution in [3.05, 3.63) is 47.9 Å². The first-order chi connectivity index (χ1) is 8.29. The van der Waals surface area contributed by atoms with Crippen LogP contribution in [0.25, 0.3) is 0 Å². The fourth-order valence-corrected chi connectivity index (χ4v) is 2.52. The average Bonchev–Trinajstić information content (AvgIpc) is 2.58. The van der Waals surface area contributed by atoms with E-state index in [1.165, 1.54) is 22.3 Å². The van der Waals surface area contributed by atoms with Gasteiger partial charge in [0.15, 0.2) is 0 Å². The van der Waals surface area contributed by atoms with Crippen LogP contribution < -0.4 is 0 Å². The van der Waals surface area contributed by atoms with Crippen LogP contribution >= 0.6 is 0 Å². The first-order valence-corrected chi connectivity index (χ1v) is 7.12. The summed E-state index contributed by atoms with van der Waals surface area (Å²) >= 11 is 0. The lowest BCUT2D eigenvalue weighted by Gasteiger charge is -2.19. The van der Waals surface area contributed by atoms with Gasteiger partial charge >= 0.3 is 10.3 Å². The van der Waals surface area contributed by atoms with E-state index < -0.39 is 10.3 Å². The minimum absolute atomic E-state index is 0.0985. The SMILES string of the molecule is CC(C)(C)c1ccc(CN2C=COS2(=O)=O)cc1. The third kappa shape index (κ3) is 2.67.